The number of nitrogens with zero attached hydrogens (tertiary/aromatic N) is 3. The molecule has 1 aromatic carbocycles. The predicted molar refractivity (Wildman–Crippen MR) is 83.0 cm³/mol. The zero-order valence-electron chi connectivity index (χ0n) is 11.6. The molecule has 3 rings (SSSR count). The lowest BCUT2D eigenvalue weighted by Crippen LogP contribution is -2.09. The fourth-order valence-corrected chi connectivity index (χ4v) is 3.05. The molecular weight excluding hydrogens is 268 g/mol. The molecule has 0 aliphatic heterocycles. The highest BCUT2D eigenvalue weighted by Crippen LogP contribution is 2.30. The zero-order valence-corrected chi connectivity index (χ0v) is 12.4. The summed E-state index contributed by atoms with van der Waals surface area (Å²) in [5, 5.41) is 14.9. The summed E-state index contributed by atoms with van der Waals surface area (Å²) in [5.74, 6) is 0. The van der Waals surface area contributed by atoms with Crippen molar-refractivity contribution in [1.82, 2.24) is 20.5 Å². The molecule has 0 saturated carbocycles. The molecule has 1 N–H and O–H groups in total. The van der Waals surface area contributed by atoms with Crippen molar-refractivity contribution in [2.45, 2.75) is 13.3 Å². The fraction of sp³-hybridized carbons (Fsp3) is 0.267. The number of nitrogens with one attached hydrogen (secondary N) is 1. The molecule has 2 heterocycles. The van der Waals surface area contributed by atoms with Crippen molar-refractivity contribution < 1.29 is 0 Å². The second-order valence-corrected chi connectivity index (χ2v) is 5.74. The predicted octanol–water partition coefficient (Wildman–Crippen LogP) is 2.82. The number of likely N-dealkylation sites (N-methyl/N-ethyl adjacent to an activating group) is 1. The maximum Gasteiger partial charge on any atom is 0.148 e. The van der Waals surface area contributed by atoms with Gasteiger partial charge in [0.05, 0.1) is 5.52 Å². The van der Waals surface area contributed by atoms with Crippen molar-refractivity contribution in [3.05, 3.63) is 41.0 Å². The highest BCUT2D eigenvalue weighted by atomic mass is 32.1. The Bertz CT molecular complexity index is 736. The summed E-state index contributed by atoms with van der Waals surface area (Å²) in [4.78, 5) is 4.56. The summed E-state index contributed by atoms with van der Waals surface area (Å²) in [5.41, 5.74) is 3.14. The maximum atomic E-state index is 4.56. The van der Waals surface area contributed by atoms with Crippen LogP contribution < -0.4 is 5.32 Å². The Balaban J connectivity index is 2.07. The van der Waals surface area contributed by atoms with E-state index in [4.69, 9.17) is 0 Å². The normalized spacial score (nSPS) is 11.1. The number of aromatic nitrogens is 3. The average Bonchev–Trinajstić information content (AvgIpc) is 2.93. The molecule has 4 nitrogen and oxygen atoms in total. The van der Waals surface area contributed by atoms with Crippen LogP contribution in [0.4, 0.5) is 0 Å². The van der Waals surface area contributed by atoms with E-state index in [1.807, 2.05) is 32.2 Å². The SMILES string of the molecule is CNCCc1nnc(-c2cc(C)nc3ccccc23)s1. The van der Waals surface area contributed by atoms with E-state index in [2.05, 4.69) is 32.6 Å². The Morgan fingerprint density at radius 1 is 1.20 bits per heavy atom. The Morgan fingerprint density at radius 2 is 2.05 bits per heavy atom. The summed E-state index contributed by atoms with van der Waals surface area (Å²) >= 11 is 1.66. The van der Waals surface area contributed by atoms with Gasteiger partial charge in [0.25, 0.3) is 0 Å². The topological polar surface area (TPSA) is 50.7 Å². The van der Waals surface area contributed by atoms with Crippen LogP contribution in [-0.4, -0.2) is 28.8 Å². The van der Waals surface area contributed by atoms with Crippen LogP contribution in [-0.2, 0) is 6.42 Å². The van der Waals surface area contributed by atoms with E-state index in [0.29, 0.717) is 0 Å². The lowest BCUT2D eigenvalue weighted by atomic mass is 10.1. The molecule has 0 amide bonds. The lowest BCUT2D eigenvalue weighted by molar-refractivity contribution is 0.779. The molecule has 0 aliphatic carbocycles. The Kier molecular flexibility index (Phi) is 3.71. The fourth-order valence-electron chi connectivity index (χ4n) is 2.18. The van der Waals surface area contributed by atoms with E-state index in [0.717, 1.165) is 45.1 Å². The summed E-state index contributed by atoms with van der Waals surface area (Å²) in [6.45, 7) is 2.93. The maximum absolute atomic E-state index is 4.56. The van der Waals surface area contributed by atoms with Crippen LogP contribution in [0.5, 0.6) is 0 Å². The van der Waals surface area contributed by atoms with E-state index < -0.39 is 0 Å². The van der Waals surface area contributed by atoms with E-state index in [-0.39, 0.29) is 0 Å². The van der Waals surface area contributed by atoms with Gasteiger partial charge in [-0.15, -0.1) is 10.2 Å². The Morgan fingerprint density at radius 3 is 2.90 bits per heavy atom. The highest BCUT2D eigenvalue weighted by molar-refractivity contribution is 7.14. The highest BCUT2D eigenvalue weighted by Gasteiger charge is 2.11. The molecule has 0 fully saturated rings. The molecule has 0 radical (unpaired) electrons. The molecule has 0 spiro atoms. The standard InChI is InChI=1S/C15H16N4S/c1-10-9-12(11-5-3-4-6-13(11)17-10)15-19-18-14(20-15)7-8-16-2/h3-6,9,16H,7-8H2,1-2H3. The molecule has 5 heteroatoms. The van der Waals surface area contributed by atoms with Gasteiger partial charge >= 0.3 is 0 Å². The van der Waals surface area contributed by atoms with Crippen LogP contribution in [0, 0.1) is 6.92 Å². The second kappa shape index (κ2) is 5.64. The summed E-state index contributed by atoms with van der Waals surface area (Å²) in [6.07, 6.45) is 0.913. The van der Waals surface area contributed by atoms with Crippen molar-refractivity contribution in [3.8, 4) is 10.6 Å². The number of pyridine rings is 1. The van der Waals surface area contributed by atoms with Gasteiger partial charge < -0.3 is 5.32 Å². The number of rotatable bonds is 4. The average molecular weight is 284 g/mol. The van der Waals surface area contributed by atoms with Gasteiger partial charge in [-0.05, 0) is 26.1 Å². The van der Waals surface area contributed by atoms with Gasteiger partial charge in [0.2, 0.25) is 0 Å². The molecule has 102 valence electrons. The van der Waals surface area contributed by atoms with Gasteiger partial charge in [0, 0.05) is 29.6 Å². The first kappa shape index (κ1) is 13.1. The number of hydrogen-bond acceptors (Lipinski definition) is 5. The Labute approximate surface area is 121 Å². The van der Waals surface area contributed by atoms with Crippen LogP contribution in [0.25, 0.3) is 21.5 Å². The summed E-state index contributed by atoms with van der Waals surface area (Å²) in [7, 11) is 1.95. The molecule has 0 bridgehead atoms. The molecule has 0 unspecified atom stereocenters. The van der Waals surface area contributed by atoms with Gasteiger partial charge in [-0.25, -0.2) is 0 Å². The minimum atomic E-state index is 0.913. The molecule has 0 aliphatic rings. The van der Waals surface area contributed by atoms with E-state index in [9.17, 15) is 0 Å². The van der Waals surface area contributed by atoms with Crippen LogP contribution in [0.2, 0.25) is 0 Å². The first-order valence-corrected chi connectivity index (χ1v) is 7.43. The number of aryl methyl sites for hydroxylation is 1. The zero-order chi connectivity index (χ0) is 13.9. The minimum Gasteiger partial charge on any atom is -0.319 e. The van der Waals surface area contributed by atoms with Crippen molar-refractivity contribution in [1.29, 1.82) is 0 Å². The van der Waals surface area contributed by atoms with Crippen LogP contribution in [0.3, 0.4) is 0 Å². The van der Waals surface area contributed by atoms with Crippen molar-refractivity contribution in [2.24, 2.45) is 0 Å². The number of fused-ring (bicyclic) bond motifs is 1. The molecule has 2 aromatic heterocycles. The smallest absolute Gasteiger partial charge is 0.148 e. The molecule has 0 atom stereocenters. The molecule has 0 saturated heterocycles. The number of benzene rings is 1. The summed E-state index contributed by atoms with van der Waals surface area (Å²) in [6, 6.07) is 10.3. The first-order chi connectivity index (χ1) is 9.78. The third kappa shape index (κ3) is 2.55. The van der Waals surface area contributed by atoms with E-state index in [1.54, 1.807) is 11.3 Å². The van der Waals surface area contributed by atoms with Crippen LogP contribution >= 0.6 is 11.3 Å². The monoisotopic (exact) mass is 284 g/mol. The van der Waals surface area contributed by atoms with Crippen LogP contribution in [0.1, 0.15) is 10.7 Å². The molecule has 3 aromatic rings. The van der Waals surface area contributed by atoms with Crippen molar-refractivity contribution in [3.63, 3.8) is 0 Å². The molecular formula is C15H16N4S. The van der Waals surface area contributed by atoms with E-state index >= 15 is 0 Å². The Hall–Kier alpha value is -1.85. The van der Waals surface area contributed by atoms with Crippen molar-refractivity contribution in [2.75, 3.05) is 13.6 Å². The minimum absolute atomic E-state index is 0.913. The second-order valence-electron chi connectivity index (χ2n) is 4.68. The quantitative estimate of drug-likeness (QED) is 0.800. The number of para-hydroxylation sites is 1. The number of hydrogen-bond donors (Lipinski definition) is 1. The van der Waals surface area contributed by atoms with Gasteiger partial charge in [-0.3, -0.25) is 4.98 Å². The van der Waals surface area contributed by atoms with Gasteiger partial charge in [0.1, 0.15) is 10.0 Å². The van der Waals surface area contributed by atoms with Crippen LogP contribution in [0.15, 0.2) is 30.3 Å². The third-order valence-electron chi connectivity index (χ3n) is 3.13. The van der Waals surface area contributed by atoms with Gasteiger partial charge in [-0.1, -0.05) is 29.5 Å². The lowest BCUT2D eigenvalue weighted by Gasteiger charge is -2.04. The van der Waals surface area contributed by atoms with Gasteiger partial charge in [0.15, 0.2) is 0 Å². The van der Waals surface area contributed by atoms with Gasteiger partial charge in [-0.2, -0.15) is 0 Å². The first-order valence-electron chi connectivity index (χ1n) is 6.61. The largest absolute Gasteiger partial charge is 0.319 e. The third-order valence-corrected chi connectivity index (χ3v) is 4.15. The molecule has 20 heavy (non-hydrogen) atoms. The van der Waals surface area contributed by atoms with E-state index in [1.165, 1.54) is 0 Å². The van der Waals surface area contributed by atoms with Crippen molar-refractivity contribution >= 4 is 22.2 Å². The summed E-state index contributed by atoms with van der Waals surface area (Å²) < 4.78 is 0.